The van der Waals surface area contributed by atoms with Crippen molar-refractivity contribution in [1.29, 1.82) is 0 Å². The van der Waals surface area contributed by atoms with Gasteiger partial charge in [0.1, 0.15) is 5.01 Å². The molecule has 2 aromatic heterocycles. The van der Waals surface area contributed by atoms with Crippen molar-refractivity contribution in [3.63, 3.8) is 0 Å². The summed E-state index contributed by atoms with van der Waals surface area (Å²) in [4.78, 5) is 13.1. The van der Waals surface area contributed by atoms with Crippen molar-refractivity contribution < 1.29 is 4.79 Å². The second-order valence-corrected chi connectivity index (χ2v) is 7.30. The van der Waals surface area contributed by atoms with Crippen LogP contribution in [0.15, 0.2) is 42.5 Å². The third kappa shape index (κ3) is 3.16. The molecule has 2 aromatic carbocycles. The number of anilines is 1. The molecule has 0 aliphatic rings. The maximum Gasteiger partial charge on any atom is 0.257 e. The molecule has 4 rings (SSSR count). The maximum atomic E-state index is 12.4. The zero-order valence-corrected chi connectivity index (χ0v) is 15.7. The summed E-state index contributed by atoms with van der Waals surface area (Å²) in [6, 6.07) is 12.2. The van der Waals surface area contributed by atoms with Crippen LogP contribution >= 0.6 is 34.5 Å². The topological polar surface area (TPSA) is 72.2 Å². The van der Waals surface area contributed by atoms with Gasteiger partial charge < -0.3 is 5.32 Å². The Morgan fingerprint density at radius 3 is 2.62 bits per heavy atom. The van der Waals surface area contributed by atoms with E-state index in [2.05, 4.69) is 20.6 Å². The minimum Gasteiger partial charge on any atom is -0.322 e. The summed E-state index contributed by atoms with van der Waals surface area (Å²) >= 11 is 13.4. The van der Waals surface area contributed by atoms with E-state index in [9.17, 15) is 4.79 Å². The summed E-state index contributed by atoms with van der Waals surface area (Å²) in [6.45, 7) is 1.85. The lowest BCUT2D eigenvalue weighted by Crippen LogP contribution is -2.12. The lowest BCUT2D eigenvalue weighted by molar-refractivity contribution is 0.102. The smallest absolute Gasteiger partial charge is 0.257 e. The molecule has 0 fully saturated rings. The first-order valence-corrected chi connectivity index (χ1v) is 9.14. The molecule has 0 saturated heterocycles. The van der Waals surface area contributed by atoms with Crippen molar-refractivity contribution in [1.82, 2.24) is 19.8 Å². The first-order valence-electron chi connectivity index (χ1n) is 7.57. The fraction of sp³-hybridized carbons (Fsp3) is 0.0588. The molecule has 0 bridgehead atoms. The molecule has 0 atom stereocenters. The van der Waals surface area contributed by atoms with E-state index in [1.165, 1.54) is 17.4 Å². The number of halogens is 2. The molecule has 0 saturated carbocycles. The maximum absolute atomic E-state index is 12.4. The monoisotopic (exact) mass is 403 g/mol. The molecule has 0 aliphatic carbocycles. The Labute approximate surface area is 162 Å². The Balaban J connectivity index is 1.55. The van der Waals surface area contributed by atoms with E-state index in [-0.39, 0.29) is 5.91 Å². The van der Waals surface area contributed by atoms with Crippen LogP contribution in [0.25, 0.3) is 15.5 Å². The molecule has 1 amide bonds. The van der Waals surface area contributed by atoms with Gasteiger partial charge in [0.15, 0.2) is 5.82 Å². The first kappa shape index (κ1) is 17.0. The van der Waals surface area contributed by atoms with Crippen molar-refractivity contribution in [2.75, 3.05) is 5.32 Å². The second kappa shape index (κ2) is 6.68. The van der Waals surface area contributed by atoms with Crippen LogP contribution in [0.1, 0.15) is 16.2 Å². The number of hydrogen-bond donors (Lipinski definition) is 1. The number of hydrogen-bond acceptors (Lipinski definition) is 5. The number of nitrogens with one attached hydrogen (secondary N) is 1. The van der Waals surface area contributed by atoms with Gasteiger partial charge in [-0.15, -0.1) is 10.2 Å². The van der Waals surface area contributed by atoms with Crippen LogP contribution in [-0.2, 0) is 0 Å². The molecule has 9 heteroatoms. The lowest BCUT2D eigenvalue weighted by atomic mass is 10.2. The van der Waals surface area contributed by atoms with Crippen LogP contribution in [0.3, 0.4) is 0 Å². The number of carbonyl (C=O) groups is 1. The van der Waals surface area contributed by atoms with Crippen molar-refractivity contribution in [2.45, 2.75) is 6.92 Å². The molecule has 4 aromatic rings. The summed E-state index contributed by atoms with van der Waals surface area (Å²) in [5.41, 5.74) is 1.90. The molecule has 26 heavy (non-hydrogen) atoms. The zero-order valence-electron chi connectivity index (χ0n) is 13.4. The van der Waals surface area contributed by atoms with Crippen LogP contribution in [0.5, 0.6) is 0 Å². The molecule has 1 N–H and O–H groups in total. The molecule has 0 spiro atoms. The van der Waals surface area contributed by atoms with E-state index >= 15 is 0 Å². The Bertz CT molecular complexity index is 1120. The van der Waals surface area contributed by atoms with Crippen LogP contribution in [0, 0.1) is 6.92 Å². The average Bonchev–Trinajstić information content (AvgIpc) is 3.20. The molecule has 6 nitrogen and oxygen atoms in total. The summed E-state index contributed by atoms with van der Waals surface area (Å²) in [6.07, 6.45) is 0. The van der Waals surface area contributed by atoms with Crippen molar-refractivity contribution in [3.8, 4) is 10.6 Å². The normalized spacial score (nSPS) is 11.0. The van der Waals surface area contributed by atoms with E-state index < -0.39 is 0 Å². The second-order valence-electron chi connectivity index (χ2n) is 5.50. The van der Waals surface area contributed by atoms with Crippen molar-refractivity contribution >= 4 is 51.1 Å². The van der Waals surface area contributed by atoms with Gasteiger partial charge in [-0.25, -0.2) is 0 Å². The Hall–Kier alpha value is -2.48. The number of carbonyl (C=O) groups excluding carboxylic acids is 1. The highest BCUT2D eigenvalue weighted by atomic mass is 35.5. The van der Waals surface area contributed by atoms with Gasteiger partial charge in [0, 0.05) is 16.3 Å². The van der Waals surface area contributed by atoms with Gasteiger partial charge in [-0.2, -0.15) is 9.61 Å². The zero-order chi connectivity index (χ0) is 18.3. The standard InChI is InChI=1S/C17H11Cl2N5OS/c1-9-21-22-17-24(9)23-16(26-17)10-2-5-12(6-3-10)20-15(25)13-8-11(18)4-7-14(13)19/h2-8H,1H3,(H,20,25). The van der Waals surface area contributed by atoms with Gasteiger partial charge in [0.2, 0.25) is 4.96 Å². The summed E-state index contributed by atoms with van der Waals surface area (Å²) in [5, 5.41) is 17.0. The SMILES string of the molecule is Cc1nnc2sc(-c3ccc(NC(=O)c4cc(Cl)ccc4Cl)cc3)nn12. The van der Waals surface area contributed by atoms with E-state index in [1.54, 1.807) is 28.8 Å². The van der Waals surface area contributed by atoms with Crippen molar-refractivity contribution in [2.24, 2.45) is 0 Å². The van der Waals surface area contributed by atoms with E-state index in [4.69, 9.17) is 23.2 Å². The van der Waals surface area contributed by atoms with Crippen LogP contribution in [-0.4, -0.2) is 25.7 Å². The van der Waals surface area contributed by atoms with Crippen LogP contribution in [0.4, 0.5) is 5.69 Å². The summed E-state index contributed by atoms with van der Waals surface area (Å²) in [5.74, 6) is 0.421. The number of aromatic nitrogens is 4. The number of aryl methyl sites for hydroxylation is 1. The number of rotatable bonds is 3. The Morgan fingerprint density at radius 1 is 1.12 bits per heavy atom. The van der Waals surface area contributed by atoms with Gasteiger partial charge in [-0.1, -0.05) is 34.5 Å². The fourth-order valence-electron chi connectivity index (χ4n) is 2.40. The number of benzene rings is 2. The minimum absolute atomic E-state index is 0.320. The Morgan fingerprint density at radius 2 is 1.88 bits per heavy atom. The molecule has 2 heterocycles. The molecule has 130 valence electrons. The highest BCUT2D eigenvalue weighted by molar-refractivity contribution is 7.19. The number of fused-ring (bicyclic) bond motifs is 1. The first-order chi connectivity index (χ1) is 12.5. The Kier molecular flexibility index (Phi) is 4.36. The van der Waals surface area contributed by atoms with E-state index in [0.717, 1.165) is 21.4 Å². The van der Waals surface area contributed by atoms with Gasteiger partial charge >= 0.3 is 0 Å². The molecule has 0 aliphatic heterocycles. The highest BCUT2D eigenvalue weighted by Gasteiger charge is 2.13. The number of nitrogens with zero attached hydrogens (tertiary/aromatic N) is 4. The van der Waals surface area contributed by atoms with Crippen LogP contribution in [0.2, 0.25) is 10.0 Å². The molecular formula is C17H11Cl2N5OS. The third-order valence-corrected chi connectivity index (χ3v) is 5.22. The predicted octanol–water partition coefficient (Wildman–Crippen LogP) is 4.72. The third-order valence-electron chi connectivity index (χ3n) is 3.71. The van der Waals surface area contributed by atoms with E-state index in [1.807, 2.05) is 19.1 Å². The van der Waals surface area contributed by atoms with Gasteiger partial charge in [0.05, 0.1) is 10.6 Å². The average molecular weight is 404 g/mol. The van der Waals surface area contributed by atoms with Crippen molar-refractivity contribution in [3.05, 3.63) is 63.9 Å². The highest BCUT2D eigenvalue weighted by Crippen LogP contribution is 2.27. The lowest BCUT2D eigenvalue weighted by Gasteiger charge is -2.07. The molecule has 0 radical (unpaired) electrons. The van der Waals surface area contributed by atoms with Crippen LogP contribution < -0.4 is 5.32 Å². The minimum atomic E-state index is -0.320. The fourth-order valence-corrected chi connectivity index (χ4v) is 3.66. The molecule has 0 unspecified atom stereocenters. The van der Waals surface area contributed by atoms with Gasteiger partial charge in [-0.3, -0.25) is 4.79 Å². The quantitative estimate of drug-likeness (QED) is 0.536. The largest absolute Gasteiger partial charge is 0.322 e. The van der Waals surface area contributed by atoms with Gasteiger partial charge in [-0.05, 0) is 49.4 Å². The van der Waals surface area contributed by atoms with E-state index in [0.29, 0.717) is 21.3 Å². The number of amides is 1. The summed E-state index contributed by atoms with van der Waals surface area (Å²) in [7, 11) is 0. The summed E-state index contributed by atoms with van der Waals surface area (Å²) < 4.78 is 1.71. The molecular weight excluding hydrogens is 393 g/mol. The predicted molar refractivity (Wildman–Crippen MR) is 103 cm³/mol. The van der Waals surface area contributed by atoms with Gasteiger partial charge in [0.25, 0.3) is 5.91 Å².